The van der Waals surface area contributed by atoms with Crippen LogP contribution < -0.4 is 0 Å². The van der Waals surface area contributed by atoms with Crippen LogP contribution in [0.15, 0.2) is 0 Å². The van der Waals surface area contributed by atoms with Crippen molar-refractivity contribution in [1.82, 2.24) is 0 Å². The first-order valence-corrected chi connectivity index (χ1v) is 16.7. The molecule has 0 bridgehead atoms. The Bertz CT molecular complexity index is 702. The molecule has 1 saturated carbocycles. The van der Waals surface area contributed by atoms with Crippen LogP contribution >= 0.6 is 28.3 Å². The number of phosphoric ester groups is 2. The molecule has 0 spiro atoms. The van der Waals surface area contributed by atoms with Crippen LogP contribution in [0.4, 0.5) is 0 Å². The Morgan fingerprint density at radius 2 is 1.68 bits per heavy atom. The molecule has 1 rings (SSSR count). The normalized spacial score (nSPS) is 20.7. The van der Waals surface area contributed by atoms with E-state index < -0.39 is 41.0 Å². The topological polar surface area (TPSA) is 150 Å². The third-order valence-electron chi connectivity index (χ3n) is 6.17. The quantitative estimate of drug-likeness (QED) is 0.0483. The summed E-state index contributed by atoms with van der Waals surface area (Å²) in [5, 5.41) is 18.8. The third-order valence-corrected chi connectivity index (χ3v) is 8.76. The van der Waals surface area contributed by atoms with Crippen LogP contribution in [0.25, 0.3) is 0 Å². The van der Waals surface area contributed by atoms with Crippen molar-refractivity contribution in [1.29, 1.82) is 0 Å². The SMILES string of the molecule is [3H]C(CO)OP(=O)(OCCCC1CCCC1)OCOP(=O)(O)OCCC(C)(CO)COCCCCCCS. The molecule has 222 valence electrons. The van der Waals surface area contributed by atoms with Crippen molar-refractivity contribution in [2.75, 3.05) is 58.8 Å². The van der Waals surface area contributed by atoms with Gasteiger partial charge in [0.2, 0.25) is 0 Å². The molecule has 0 aromatic rings. The molecule has 1 fully saturated rings. The Kier molecular flexibility index (Phi) is 18.5. The fourth-order valence-corrected chi connectivity index (χ4v) is 5.72. The van der Waals surface area contributed by atoms with E-state index in [0.29, 0.717) is 18.9 Å². The maximum absolute atomic E-state index is 12.8. The van der Waals surface area contributed by atoms with Gasteiger partial charge in [0.05, 0.1) is 41.0 Å². The highest BCUT2D eigenvalue weighted by molar-refractivity contribution is 7.80. The van der Waals surface area contributed by atoms with Crippen molar-refractivity contribution in [3.8, 4) is 0 Å². The van der Waals surface area contributed by atoms with Crippen LogP contribution in [0.5, 0.6) is 0 Å². The first-order chi connectivity index (χ1) is 18.1. The lowest BCUT2D eigenvalue weighted by atomic mass is 9.89. The average Bonchev–Trinajstić information content (AvgIpc) is 3.39. The van der Waals surface area contributed by atoms with Gasteiger partial charge in [0, 0.05) is 12.0 Å². The summed E-state index contributed by atoms with van der Waals surface area (Å²) in [7, 11) is -8.93. The summed E-state index contributed by atoms with van der Waals surface area (Å²) in [5.74, 6) is 1.47. The van der Waals surface area contributed by atoms with Gasteiger partial charge in [-0.2, -0.15) is 12.6 Å². The first kappa shape index (κ1) is 33.7. The van der Waals surface area contributed by atoms with Crippen LogP contribution in [0.3, 0.4) is 0 Å². The summed E-state index contributed by atoms with van der Waals surface area (Å²) in [6.45, 7) is -1.06. The number of rotatable bonds is 25. The van der Waals surface area contributed by atoms with Crippen LogP contribution in [-0.2, 0) is 36.5 Å². The van der Waals surface area contributed by atoms with E-state index in [1.54, 1.807) is 6.92 Å². The highest BCUT2D eigenvalue weighted by atomic mass is 32.1. The maximum atomic E-state index is 12.8. The summed E-state index contributed by atoms with van der Waals surface area (Å²) < 4.78 is 63.0. The van der Waals surface area contributed by atoms with Crippen molar-refractivity contribution in [2.45, 2.75) is 77.6 Å². The lowest BCUT2D eigenvalue weighted by Gasteiger charge is -2.27. The largest absolute Gasteiger partial charge is 0.477 e. The standard InChI is InChI=1S/C23H48O11P2S/c1-23(19-25,20-29-14-6-2-3-7-18-37)12-16-30-35(26,27)33-21-34-36(28,32-17-13-24)31-15-8-11-22-9-4-5-10-22/h22,24-25,37H,2-21H2,1H3,(H,26,27)/i17T. The Morgan fingerprint density at radius 1 is 0.946 bits per heavy atom. The smallest absolute Gasteiger partial charge is 0.396 e. The predicted molar refractivity (Wildman–Crippen MR) is 144 cm³/mol. The molecular formula is C23H48O11P2S. The number of hydrogen-bond donors (Lipinski definition) is 4. The highest BCUT2D eigenvalue weighted by Gasteiger charge is 2.31. The molecule has 1 aliphatic carbocycles. The molecule has 0 amide bonds. The Labute approximate surface area is 228 Å². The van der Waals surface area contributed by atoms with E-state index in [9.17, 15) is 19.1 Å². The summed E-state index contributed by atoms with van der Waals surface area (Å²) in [4.78, 5) is 9.94. The van der Waals surface area contributed by atoms with Crippen molar-refractivity contribution in [3.63, 3.8) is 0 Å². The highest BCUT2D eigenvalue weighted by Crippen LogP contribution is 2.52. The second kappa shape index (κ2) is 20.3. The minimum Gasteiger partial charge on any atom is -0.396 e. The summed E-state index contributed by atoms with van der Waals surface area (Å²) >= 11 is 4.18. The van der Waals surface area contributed by atoms with Gasteiger partial charge in [0.15, 0.2) is 6.79 Å². The molecule has 0 aromatic heterocycles. The van der Waals surface area contributed by atoms with Gasteiger partial charge in [-0.05, 0) is 43.8 Å². The van der Waals surface area contributed by atoms with Gasteiger partial charge in [-0.3, -0.25) is 22.6 Å². The summed E-state index contributed by atoms with van der Waals surface area (Å²) in [6, 6.07) is 0. The van der Waals surface area contributed by atoms with Crippen molar-refractivity contribution < 1.29 is 53.0 Å². The molecule has 0 heterocycles. The molecule has 4 atom stereocenters. The molecule has 1 aliphatic rings. The van der Waals surface area contributed by atoms with Gasteiger partial charge in [-0.1, -0.05) is 45.4 Å². The van der Waals surface area contributed by atoms with Crippen molar-refractivity contribution >= 4 is 28.3 Å². The summed E-state index contributed by atoms with van der Waals surface area (Å²) in [5.41, 5.74) is -0.676. The first-order valence-electron chi connectivity index (χ1n) is 13.7. The van der Waals surface area contributed by atoms with E-state index in [1.807, 2.05) is 0 Å². The minimum absolute atomic E-state index is 0.0384. The van der Waals surface area contributed by atoms with Gasteiger partial charge in [0.25, 0.3) is 0 Å². The number of aliphatic hydroxyl groups is 2. The van der Waals surface area contributed by atoms with Gasteiger partial charge < -0.3 is 19.8 Å². The Balaban J connectivity index is 2.38. The molecule has 0 saturated heterocycles. The zero-order chi connectivity index (χ0) is 28.3. The molecule has 14 heteroatoms. The van der Waals surface area contributed by atoms with E-state index in [2.05, 4.69) is 12.6 Å². The maximum Gasteiger partial charge on any atom is 0.477 e. The zero-order valence-corrected chi connectivity index (χ0v) is 24.7. The fourth-order valence-electron chi connectivity index (χ4n) is 3.85. The Morgan fingerprint density at radius 3 is 2.35 bits per heavy atom. The predicted octanol–water partition coefficient (Wildman–Crippen LogP) is 5.09. The molecule has 11 nitrogen and oxygen atoms in total. The second-order valence-electron chi connectivity index (χ2n) is 9.61. The van der Waals surface area contributed by atoms with Gasteiger partial charge in [-0.15, -0.1) is 0 Å². The number of ether oxygens (including phenoxy) is 1. The van der Waals surface area contributed by atoms with Crippen LogP contribution in [0, 0.1) is 11.3 Å². The molecule has 37 heavy (non-hydrogen) atoms. The van der Waals surface area contributed by atoms with Crippen molar-refractivity contribution in [2.24, 2.45) is 11.3 Å². The lowest BCUT2D eigenvalue weighted by molar-refractivity contribution is -0.00441. The monoisotopic (exact) mass is 596 g/mol. The molecule has 4 unspecified atom stereocenters. The molecule has 0 aromatic carbocycles. The lowest BCUT2D eigenvalue weighted by Crippen LogP contribution is -2.29. The van der Waals surface area contributed by atoms with E-state index in [4.69, 9.17) is 33.8 Å². The number of phosphoric acid groups is 2. The van der Waals surface area contributed by atoms with Crippen LogP contribution in [0.2, 0.25) is 0 Å². The van der Waals surface area contributed by atoms with E-state index in [0.717, 1.165) is 50.7 Å². The molecule has 0 aliphatic heterocycles. The minimum atomic E-state index is -4.59. The van der Waals surface area contributed by atoms with Gasteiger partial charge >= 0.3 is 15.6 Å². The van der Waals surface area contributed by atoms with Gasteiger partial charge in [-0.25, -0.2) is 9.13 Å². The Hall–Kier alpha value is 0.450. The summed E-state index contributed by atoms with van der Waals surface area (Å²) in [6.07, 6.45) is 10.6. The van der Waals surface area contributed by atoms with Gasteiger partial charge in [0.1, 0.15) is 0 Å². The molecular weight excluding hydrogens is 546 g/mol. The number of aliphatic hydroxyl groups excluding tert-OH is 2. The number of unbranched alkanes of at least 4 members (excludes halogenated alkanes) is 3. The van der Waals surface area contributed by atoms with Crippen LogP contribution in [-0.4, -0.2) is 73.9 Å². The zero-order valence-electron chi connectivity index (χ0n) is 23.0. The molecule has 0 radical (unpaired) electrons. The number of hydrogen-bond acceptors (Lipinski definition) is 11. The number of thiol groups is 1. The van der Waals surface area contributed by atoms with E-state index >= 15 is 0 Å². The van der Waals surface area contributed by atoms with Crippen molar-refractivity contribution in [3.05, 3.63) is 0 Å². The fraction of sp³-hybridized carbons (Fsp3) is 1.00. The molecule has 3 N–H and O–H groups in total. The average molecular weight is 597 g/mol. The third kappa shape index (κ3) is 17.7. The van der Waals surface area contributed by atoms with Crippen LogP contribution in [0.1, 0.15) is 78.9 Å². The second-order valence-corrected chi connectivity index (χ2v) is 13.1. The van der Waals surface area contributed by atoms with E-state index in [-0.39, 0.29) is 32.8 Å². The van der Waals surface area contributed by atoms with E-state index in [1.165, 1.54) is 12.8 Å².